The summed E-state index contributed by atoms with van der Waals surface area (Å²) in [5, 5.41) is 2.84. The monoisotopic (exact) mass is 505 g/mol. The molecule has 0 aromatic heterocycles. The first-order valence-corrected chi connectivity index (χ1v) is 10.6. The molecule has 0 unspecified atom stereocenters. The summed E-state index contributed by atoms with van der Waals surface area (Å²) in [5.41, 5.74) is 5.72. The first-order chi connectivity index (χ1) is 12.8. The Bertz CT molecular complexity index is 843. The zero-order chi connectivity index (χ0) is 17.8. The minimum absolute atomic E-state index is 0. The van der Waals surface area contributed by atoms with Gasteiger partial charge in [0, 0.05) is 26.2 Å². The van der Waals surface area contributed by atoms with Gasteiger partial charge in [0.1, 0.15) is 0 Å². The molecule has 3 aromatic carbocycles. The molecule has 0 bridgehead atoms. The van der Waals surface area contributed by atoms with Gasteiger partial charge in [0.25, 0.3) is 0 Å². The Morgan fingerprint density at radius 2 is 1.59 bits per heavy atom. The van der Waals surface area contributed by atoms with Crippen LogP contribution in [0, 0.1) is 5.92 Å². The van der Waals surface area contributed by atoms with Crippen molar-refractivity contribution in [3.8, 4) is 11.1 Å². The minimum atomic E-state index is 0. The van der Waals surface area contributed by atoms with Gasteiger partial charge in [-0.1, -0.05) is 87.8 Å². The van der Waals surface area contributed by atoms with Crippen molar-refractivity contribution >= 4 is 35.6 Å². The van der Waals surface area contributed by atoms with Crippen LogP contribution in [0.4, 0.5) is 0 Å². The van der Waals surface area contributed by atoms with Gasteiger partial charge in [0.05, 0.1) is 0 Å². The van der Waals surface area contributed by atoms with E-state index in [4.69, 9.17) is 0 Å². The van der Waals surface area contributed by atoms with Gasteiger partial charge >= 0.3 is 0 Å². The van der Waals surface area contributed by atoms with Crippen molar-refractivity contribution in [2.75, 3.05) is 0 Å². The van der Waals surface area contributed by atoms with Crippen LogP contribution in [0.25, 0.3) is 21.9 Å². The number of halogens is 2. The summed E-state index contributed by atoms with van der Waals surface area (Å²) in [5.74, 6) is 0.895. The third-order valence-electron chi connectivity index (χ3n) is 6.11. The van der Waals surface area contributed by atoms with Gasteiger partial charge in [-0.05, 0) is 29.9 Å². The predicted molar refractivity (Wildman–Crippen MR) is 128 cm³/mol. The third kappa shape index (κ3) is 6.75. The Balaban J connectivity index is 0.00000140. The summed E-state index contributed by atoms with van der Waals surface area (Å²) in [6.07, 6.45) is 12.2. The van der Waals surface area contributed by atoms with Gasteiger partial charge in [-0.3, -0.25) is 0 Å². The molecule has 4 rings (SSSR count). The first kappa shape index (κ1) is 26.5. The smallest absolute Gasteiger partial charge is 0 e. The molecular weight excluding hydrogens is 474 g/mol. The molecule has 0 nitrogen and oxygen atoms in total. The van der Waals surface area contributed by atoms with Gasteiger partial charge in [0.2, 0.25) is 0 Å². The fourth-order valence-electron chi connectivity index (χ4n) is 4.71. The fraction of sp³-hybridized carbons (Fsp3) is 0.423. The van der Waals surface area contributed by atoms with Gasteiger partial charge in [0.15, 0.2) is 0 Å². The quantitative estimate of drug-likeness (QED) is 0.240. The standard InChI is InChI=1S/C26H31.2ClH.Zr/c1-2-8-20-13-15-23(16-14-20)25-12-7-11-24-18-22(19-26(24)25)17-21-9-5-3-4-6-10-21;;;/h7,11-16,18-19,21H,2-6,8-10,17H2,1H3;2*1H;/q-1;;;. The summed E-state index contributed by atoms with van der Waals surface area (Å²) < 4.78 is 0. The average Bonchev–Trinajstić information content (AvgIpc) is 2.90. The Hall–Kier alpha value is -0.487. The molecule has 0 N–H and O–H groups in total. The molecule has 1 saturated carbocycles. The number of fused-ring (bicyclic) bond motifs is 1. The van der Waals surface area contributed by atoms with Crippen molar-refractivity contribution in [2.24, 2.45) is 5.92 Å². The van der Waals surface area contributed by atoms with Gasteiger partial charge in [-0.2, -0.15) is 6.07 Å². The molecule has 0 spiro atoms. The van der Waals surface area contributed by atoms with Crippen molar-refractivity contribution in [2.45, 2.75) is 64.7 Å². The van der Waals surface area contributed by atoms with Crippen LogP contribution in [-0.2, 0) is 39.0 Å². The van der Waals surface area contributed by atoms with Crippen LogP contribution in [-0.4, -0.2) is 0 Å². The molecule has 0 atom stereocenters. The maximum absolute atomic E-state index is 2.47. The van der Waals surface area contributed by atoms with Crippen molar-refractivity contribution in [3.63, 3.8) is 0 Å². The molecule has 3 heteroatoms. The van der Waals surface area contributed by atoms with E-state index in [0.717, 1.165) is 5.92 Å². The topological polar surface area (TPSA) is 0 Å². The summed E-state index contributed by atoms with van der Waals surface area (Å²) >= 11 is 0. The van der Waals surface area contributed by atoms with Gasteiger partial charge < -0.3 is 0 Å². The van der Waals surface area contributed by atoms with Crippen molar-refractivity contribution in [1.82, 2.24) is 0 Å². The number of benzene rings is 2. The van der Waals surface area contributed by atoms with Crippen molar-refractivity contribution in [3.05, 3.63) is 65.7 Å². The fourth-order valence-corrected chi connectivity index (χ4v) is 4.71. The molecule has 1 aliphatic rings. The van der Waals surface area contributed by atoms with Crippen LogP contribution in [0.3, 0.4) is 0 Å². The molecule has 29 heavy (non-hydrogen) atoms. The molecule has 0 amide bonds. The summed E-state index contributed by atoms with van der Waals surface area (Å²) in [4.78, 5) is 0. The largest absolute Gasteiger partial charge is 0.164 e. The molecule has 0 saturated heterocycles. The summed E-state index contributed by atoms with van der Waals surface area (Å²) in [6, 6.07) is 20.9. The van der Waals surface area contributed by atoms with E-state index in [1.165, 1.54) is 85.3 Å². The Morgan fingerprint density at radius 3 is 2.24 bits per heavy atom. The molecule has 156 valence electrons. The van der Waals surface area contributed by atoms with E-state index in [0.29, 0.717) is 0 Å². The average molecular weight is 508 g/mol. The van der Waals surface area contributed by atoms with Crippen molar-refractivity contribution in [1.29, 1.82) is 0 Å². The zero-order valence-corrected chi connectivity index (χ0v) is 21.5. The molecule has 0 aliphatic heterocycles. The Morgan fingerprint density at radius 1 is 0.897 bits per heavy atom. The van der Waals surface area contributed by atoms with E-state index in [1.54, 1.807) is 5.56 Å². The van der Waals surface area contributed by atoms with Crippen LogP contribution in [0.2, 0.25) is 0 Å². The van der Waals surface area contributed by atoms with E-state index in [2.05, 4.69) is 61.5 Å². The second-order valence-corrected chi connectivity index (χ2v) is 8.18. The van der Waals surface area contributed by atoms with Gasteiger partial charge in [-0.15, -0.1) is 59.3 Å². The van der Waals surface area contributed by atoms with Gasteiger partial charge in [-0.25, -0.2) is 0 Å². The van der Waals surface area contributed by atoms with E-state index < -0.39 is 0 Å². The molecule has 3 aromatic rings. The maximum atomic E-state index is 2.47. The number of aryl methyl sites for hydroxylation is 1. The normalized spacial score (nSPS) is 14.4. The zero-order valence-electron chi connectivity index (χ0n) is 17.5. The molecule has 1 aliphatic carbocycles. The summed E-state index contributed by atoms with van der Waals surface area (Å²) in [7, 11) is 0. The van der Waals surface area contributed by atoms with Crippen molar-refractivity contribution < 1.29 is 26.2 Å². The Kier molecular flexibility index (Phi) is 11.9. The second-order valence-electron chi connectivity index (χ2n) is 8.18. The van der Waals surface area contributed by atoms with Crippen LogP contribution in [0.5, 0.6) is 0 Å². The predicted octanol–water partition coefficient (Wildman–Crippen LogP) is 8.53. The second kappa shape index (κ2) is 13.0. The molecule has 1 fully saturated rings. The van der Waals surface area contributed by atoms with E-state index in [9.17, 15) is 0 Å². The van der Waals surface area contributed by atoms with Crippen LogP contribution < -0.4 is 0 Å². The van der Waals surface area contributed by atoms with E-state index in [-0.39, 0.29) is 51.0 Å². The first-order valence-electron chi connectivity index (χ1n) is 10.6. The number of hydrogen-bond acceptors (Lipinski definition) is 0. The van der Waals surface area contributed by atoms with E-state index in [1.807, 2.05) is 0 Å². The molecule has 0 radical (unpaired) electrons. The molecule has 0 heterocycles. The SMILES string of the molecule is CCCc1ccc(-c2cccc3[cH-]c(CC4CCCCCC4)cc23)cc1.Cl.Cl.[Zr]. The number of rotatable bonds is 5. The number of hydrogen-bond donors (Lipinski definition) is 0. The summed E-state index contributed by atoms with van der Waals surface area (Å²) in [6.45, 7) is 2.24. The molecular formula is C26H33Cl2Zr-. The van der Waals surface area contributed by atoms with Crippen LogP contribution >= 0.6 is 24.8 Å². The third-order valence-corrected chi connectivity index (χ3v) is 6.11. The van der Waals surface area contributed by atoms with E-state index >= 15 is 0 Å². The maximum Gasteiger partial charge on any atom is 0 e. The van der Waals surface area contributed by atoms with Crippen LogP contribution in [0.15, 0.2) is 54.6 Å². The minimum Gasteiger partial charge on any atom is -0.164 e. The Labute approximate surface area is 208 Å². The van der Waals surface area contributed by atoms with Crippen LogP contribution in [0.1, 0.15) is 63.0 Å².